The highest BCUT2D eigenvalue weighted by Gasteiger charge is 2.09. The summed E-state index contributed by atoms with van der Waals surface area (Å²) < 4.78 is 0. The highest BCUT2D eigenvalue weighted by Crippen LogP contribution is 2.18. The average Bonchev–Trinajstić information content (AvgIpc) is 2.74. The molecule has 3 aromatic rings. The Kier molecular flexibility index (Phi) is 8.04. The number of anilines is 2. The molecule has 0 spiro atoms. The number of pyridine rings is 1. The number of hydrogen-bond acceptors (Lipinski definition) is 4. The van der Waals surface area contributed by atoms with Crippen LogP contribution >= 0.6 is 11.6 Å². The number of nitrogens with one attached hydrogen (secondary N) is 3. The molecule has 0 bridgehead atoms. The Balaban J connectivity index is 1.37. The maximum Gasteiger partial charge on any atom is 0.257 e. The van der Waals surface area contributed by atoms with Crippen LogP contribution in [0, 0.1) is 0 Å². The minimum Gasteiger partial charge on any atom is -0.370 e. The molecular formula is C23H25ClN4O. The van der Waals surface area contributed by atoms with Gasteiger partial charge in [-0.1, -0.05) is 41.9 Å². The van der Waals surface area contributed by atoms with Crippen LogP contribution < -0.4 is 16.0 Å². The van der Waals surface area contributed by atoms with Gasteiger partial charge in [0.15, 0.2) is 0 Å². The molecule has 29 heavy (non-hydrogen) atoms. The topological polar surface area (TPSA) is 66.1 Å². The summed E-state index contributed by atoms with van der Waals surface area (Å²) in [5.74, 6) is 0.706. The van der Waals surface area contributed by atoms with Crippen LogP contribution in [0.1, 0.15) is 28.8 Å². The molecule has 6 heteroatoms. The van der Waals surface area contributed by atoms with E-state index in [1.807, 2.05) is 42.5 Å². The fourth-order valence-electron chi connectivity index (χ4n) is 2.89. The van der Waals surface area contributed by atoms with Crippen molar-refractivity contribution in [1.82, 2.24) is 10.3 Å². The largest absolute Gasteiger partial charge is 0.370 e. The highest BCUT2D eigenvalue weighted by atomic mass is 35.5. The lowest BCUT2D eigenvalue weighted by molar-refractivity contribution is 0.102. The van der Waals surface area contributed by atoms with Crippen LogP contribution in [0.25, 0.3) is 0 Å². The van der Waals surface area contributed by atoms with E-state index >= 15 is 0 Å². The van der Waals surface area contributed by atoms with Gasteiger partial charge in [0, 0.05) is 25.0 Å². The van der Waals surface area contributed by atoms with Crippen LogP contribution in [0.5, 0.6) is 0 Å². The monoisotopic (exact) mass is 408 g/mol. The number of carbonyl (C=O) groups is 1. The van der Waals surface area contributed by atoms with E-state index in [9.17, 15) is 4.79 Å². The number of hydrogen-bond donors (Lipinski definition) is 3. The minimum absolute atomic E-state index is 0.207. The van der Waals surface area contributed by atoms with Crippen molar-refractivity contribution in [2.24, 2.45) is 0 Å². The fraction of sp³-hybridized carbons (Fsp3) is 0.217. The van der Waals surface area contributed by atoms with Gasteiger partial charge >= 0.3 is 0 Å². The first kappa shape index (κ1) is 20.8. The summed E-state index contributed by atoms with van der Waals surface area (Å²) in [7, 11) is 0. The van der Waals surface area contributed by atoms with E-state index in [0.717, 1.165) is 49.5 Å². The third kappa shape index (κ3) is 6.89. The van der Waals surface area contributed by atoms with Gasteiger partial charge in [0.25, 0.3) is 5.91 Å². The van der Waals surface area contributed by atoms with Crippen LogP contribution in [-0.4, -0.2) is 24.0 Å². The van der Waals surface area contributed by atoms with Crippen molar-refractivity contribution < 1.29 is 4.79 Å². The van der Waals surface area contributed by atoms with Crippen molar-refractivity contribution in [3.05, 3.63) is 89.1 Å². The molecule has 3 N–H and O–H groups in total. The third-order valence-electron chi connectivity index (χ3n) is 4.38. The summed E-state index contributed by atoms with van der Waals surface area (Å²) in [5, 5.41) is 10.1. The Bertz CT molecular complexity index is 918. The molecular weight excluding hydrogens is 384 g/mol. The summed E-state index contributed by atoms with van der Waals surface area (Å²) in [4.78, 5) is 16.6. The molecule has 0 unspecified atom stereocenters. The lowest BCUT2D eigenvalue weighted by atomic mass is 10.1. The number of halogens is 1. The molecule has 1 amide bonds. The van der Waals surface area contributed by atoms with Gasteiger partial charge in [-0.25, -0.2) is 4.98 Å². The van der Waals surface area contributed by atoms with Crippen LogP contribution in [0.2, 0.25) is 5.02 Å². The van der Waals surface area contributed by atoms with Gasteiger partial charge < -0.3 is 16.0 Å². The van der Waals surface area contributed by atoms with Gasteiger partial charge in [-0.15, -0.1) is 0 Å². The predicted octanol–water partition coefficient (Wildman–Crippen LogP) is 4.97. The maximum atomic E-state index is 12.4. The minimum atomic E-state index is -0.207. The standard InChI is InChI=1S/C23H25ClN4O/c24-21-11-2-1-10-20(21)23(29)28-19-9-7-8-18(16-19)17-25-13-5-6-15-27-22-12-3-4-14-26-22/h1-4,7-12,14,16,25H,5-6,13,15,17H2,(H,26,27)(H,28,29). The maximum absolute atomic E-state index is 12.4. The molecule has 150 valence electrons. The van der Waals surface area contributed by atoms with Crippen molar-refractivity contribution in [2.75, 3.05) is 23.7 Å². The van der Waals surface area contributed by atoms with Gasteiger partial charge in [-0.05, 0) is 61.3 Å². The molecule has 2 aromatic carbocycles. The van der Waals surface area contributed by atoms with Crippen LogP contribution in [0.3, 0.4) is 0 Å². The molecule has 0 atom stereocenters. The zero-order valence-corrected chi connectivity index (χ0v) is 17.0. The number of aromatic nitrogens is 1. The van der Waals surface area contributed by atoms with E-state index < -0.39 is 0 Å². The zero-order chi connectivity index (χ0) is 20.3. The summed E-state index contributed by atoms with van der Waals surface area (Å²) in [5.41, 5.74) is 2.35. The number of unbranched alkanes of at least 4 members (excludes halogenated alkanes) is 1. The van der Waals surface area contributed by atoms with Crippen molar-refractivity contribution in [3.63, 3.8) is 0 Å². The van der Waals surface area contributed by atoms with Crippen LogP contribution in [0.15, 0.2) is 72.9 Å². The SMILES string of the molecule is O=C(Nc1cccc(CNCCCCNc2ccccn2)c1)c1ccccc1Cl. The van der Waals surface area contributed by atoms with Crippen LogP contribution in [0.4, 0.5) is 11.5 Å². The molecule has 5 nitrogen and oxygen atoms in total. The van der Waals surface area contributed by atoms with Crippen LogP contribution in [-0.2, 0) is 6.54 Å². The molecule has 1 aromatic heterocycles. The van der Waals surface area contributed by atoms with E-state index in [-0.39, 0.29) is 5.91 Å². The molecule has 3 rings (SSSR count). The fourth-order valence-corrected chi connectivity index (χ4v) is 3.12. The molecule has 1 heterocycles. The van der Waals surface area contributed by atoms with Gasteiger partial charge in [0.2, 0.25) is 0 Å². The van der Waals surface area contributed by atoms with Crippen molar-refractivity contribution in [2.45, 2.75) is 19.4 Å². The Labute approximate surface area is 176 Å². The lowest BCUT2D eigenvalue weighted by Crippen LogP contribution is -2.16. The second-order valence-corrected chi connectivity index (χ2v) is 7.07. The number of amides is 1. The molecule has 0 saturated carbocycles. The van der Waals surface area contributed by atoms with E-state index in [1.54, 1.807) is 30.5 Å². The van der Waals surface area contributed by atoms with E-state index in [0.29, 0.717) is 10.6 Å². The first-order chi connectivity index (χ1) is 14.2. The normalized spacial score (nSPS) is 10.5. The lowest BCUT2D eigenvalue weighted by Gasteiger charge is -2.10. The van der Waals surface area contributed by atoms with Crippen molar-refractivity contribution in [3.8, 4) is 0 Å². The van der Waals surface area contributed by atoms with Gasteiger partial charge in [-0.3, -0.25) is 4.79 Å². The molecule has 0 radical (unpaired) electrons. The number of rotatable bonds is 10. The molecule has 0 aliphatic carbocycles. The number of nitrogens with zero attached hydrogens (tertiary/aromatic N) is 1. The smallest absolute Gasteiger partial charge is 0.257 e. The summed E-state index contributed by atoms with van der Waals surface area (Å²) in [6.07, 6.45) is 3.93. The van der Waals surface area contributed by atoms with Crippen molar-refractivity contribution in [1.29, 1.82) is 0 Å². The highest BCUT2D eigenvalue weighted by molar-refractivity contribution is 6.34. The van der Waals surface area contributed by atoms with Gasteiger partial charge in [0.1, 0.15) is 5.82 Å². The summed E-state index contributed by atoms with van der Waals surface area (Å²) >= 11 is 6.09. The van der Waals surface area contributed by atoms with Crippen molar-refractivity contribution >= 4 is 29.0 Å². The zero-order valence-electron chi connectivity index (χ0n) is 16.2. The van der Waals surface area contributed by atoms with E-state index in [2.05, 4.69) is 20.9 Å². The molecule has 0 aliphatic heterocycles. The number of benzene rings is 2. The van der Waals surface area contributed by atoms with E-state index in [4.69, 9.17) is 11.6 Å². The van der Waals surface area contributed by atoms with Gasteiger partial charge in [0.05, 0.1) is 10.6 Å². The second-order valence-electron chi connectivity index (χ2n) is 6.66. The quantitative estimate of drug-likeness (QED) is 0.414. The molecule has 0 aliphatic rings. The Morgan fingerprint density at radius 1 is 0.931 bits per heavy atom. The van der Waals surface area contributed by atoms with Gasteiger partial charge in [-0.2, -0.15) is 0 Å². The molecule has 0 saturated heterocycles. The summed E-state index contributed by atoms with van der Waals surface area (Å²) in [6.45, 7) is 2.59. The van der Waals surface area contributed by atoms with E-state index in [1.165, 1.54) is 0 Å². The first-order valence-corrected chi connectivity index (χ1v) is 10.1. The Hall–Kier alpha value is -2.89. The third-order valence-corrected chi connectivity index (χ3v) is 4.71. The Morgan fingerprint density at radius 3 is 2.59 bits per heavy atom. The predicted molar refractivity (Wildman–Crippen MR) is 120 cm³/mol. The first-order valence-electron chi connectivity index (χ1n) is 9.73. The second kappa shape index (κ2) is 11.2. The summed E-state index contributed by atoms with van der Waals surface area (Å²) in [6, 6.07) is 20.7. The molecule has 0 fully saturated rings. The average molecular weight is 409 g/mol. The Morgan fingerprint density at radius 2 is 1.76 bits per heavy atom. The number of carbonyl (C=O) groups excluding carboxylic acids is 1.